The first kappa shape index (κ1) is 16.4. The average molecular weight is 299 g/mol. The number of methoxy groups -OCH3 is 1. The van der Waals surface area contributed by atoms with E-state index in [0.717, 1.165) is 36.4 Å². The summed E-state index contributed by atoms with van der Waals surface area (Å²) in [6.45, 7) is 1.62. The molecule has 0 saturated heterocycles. The Morgan fingerprint density at radius 2 is 1.73 bits per heavy atom. The summed E-state index contributed by atoms with van der Waals surface area (Å²) in [6.07, 6.45) is 2.08. The standard InChI is InChI=1S/C19H25NO2/c1-20(2)14-8-12-17-11-7-13-18(21-3)19(17)22-15-16-9-5-4-6-10-16/h4-7,9-11,13H,8,12,14-15H2,1-3H3. The third-order valence-electron chi connectivity index (χ3n) is 3.56. The number of ether oxygens (including phenoxy) is 2. The molecule has 0 saturated carbocycles. The molecule has 0 N–H and O–H groups in total. The van der Waals surface area contributed by atoms with Crippen molar-refractivity contribution in [2.75, 3.05) is 27.7 Å². The van der Waals surface area contributed by atoms with Gasteiger partial charge in [0.1, 0.15) is 6.61 Å². The lowest BCUT2D eigenvalue weighted by Gasteiger charge is -2.16. The van der Waals surface area contributed by atoms with Gasteiger partial charge in [-0.3, -0.25) is 0 Å². The van der Waals surface area contributed by atoms with Crippen LogP contribution in [-0.2, 0) is 13.0 Å². The van der Waals surface area contributed by atoms with Gasteiger partial charge in [-0.05, 0) is 50.7 Å². The molecule has 0 aromatic heterocycles. The summed E-state index contributed by atoms with van der Waals surface area (Å²) in [5, 5.41) is 0. The van der Waals surface area contributed by atoms with E-state index in [-0.39, 0.29) is 0 Å². The number of aryl methyl sites for hydroxylation is 1. The first-order chi connectivity index (χ1) is 10.7. The van der Waals surface area contributed by atoms with Crippen LogP contribution in [0, 0.1) is 0 Å². The predicted molar refractivity (Wildman–Crippen MR) is 90.6 cm³/mol. The number of rotatable bonds is 8. The summed E-state index contributed by atoms with van der Waals surface area (Å²) >= 11 is 0. The number of para-hydroxylation sites is 1. The molecule has 0 aliphatic carbocycles. The molecule has 2 rings (SSSR count). The molecule has 0 radical (unpaired) electrons. The molecule has 0 unspecified atom stereocenters. The first-order valence-electron chi connectivity index (χ1n) is 7.68. The Morgan fingerprint density at radius 3 is 2.41 bits per heavy atom. The topological polar surface area (TPSA) is 21.7 Å². The fourth-order valence-electron chi connectivity index (χ4n) is 2.40. The highest BCUT2D eigenvalue weighted by Crippen LogP contribution is 2.32. The summed E-state index contributed by atoms with van der Waals surface area (Å²) in [7, 11) is 5.88. The molecule has 0 aliphatic rings. The summed E-state index contributed by atoms with van der Waals surface area (Å²) in [6, 6.07) is 16.3. The van der Waals surface area contributed by atoms with Crippen molar-refractivity contribution in [1.82, 2.24) is 4.90 Å². The second-order valence-electron chi connectivity index (χ2n) is 5.63. The fraction of sp³-hybridized carbons (Fsp3) is 0.368. The fourth-order valence-corrected chi connectivity index (χ4v) is 2.40. The van der Waals surface area contributed by atoms with Gasteiger partial charge in [-0.15, -0.1) is 0 Å². The smallest absolute Gasteiger partial charge is 0.164 e. The molecular weight excluding hydrogens is 274 g/mol. The largest absolute Gasteiger partial charge is 0.493 e. The molecule has 0 bridgehead atoms. The van der Waals surface area contributed by atoms with Crippen LogP contribution in [0.3, 0.4) is 0 Å². The van der Waals surface area contributed by atoms with Gasteiger partial charge in [0.15, 0.2) is 11.5 Å². The van der Waals surface area contributed by atoms with Gasteiger partial charge in [0.2, 0.25) is 0 Å². The third kappa shape index (κ3) is 4.78. The predicted octanol–water partition coefficient (Wildman–Crippen LogP) is 3.77. The van der Waals surface area contributed by atoms with Gasteiger partial charge in [-0.25, -0.2) is 0 Å². The summed E-state index contributed by atoms with van der Waals surface area (Å²) < 4.78 is 11.5. The average Bonchev–Trinajstić information content (AvgIpc) is 2.54. The van der Waals surface area contributed by atoms with Crippen molar-refractivity contribution >= 4 is 0 Å². The molecule has 0 fully saturated rings. The maximum Gasteiger partial charge on any atom is 0.164 e. The van der Waals surface area contributed by atoms with E-state index in [1.54, 1.807) is 7.11 Å². The minimum absolute atomic E-state index is 0.557. The van der Waals surface area contributed by atoms with Crippen LogP contribution in [0.25, 0.3) is 0 Å². The highest BCUT2D eigenvalue weighted by atomic mass is 16.5. The quantitative estimate of drug-likeness (QED) is 0.740. The van der Waals surface area contributed by atoms with Gasteiger partial charge >= 0.3 is 0 Å². The van der Waals surface area contributed by atoms with Crippen molar-refractivity contribution in [3.8, 4) is 11.5 Å². The van der Waals surface area contributed by atoms with Crippen molar-refractivity contribution in [3.63, 3.8) is 0 Å². The lowest BCUT2D eigenvalue weighted by molar-refractivity contribution is 0.280. The van der Waals surface area contributed by atoms with Gasteiger partial charge in [0, 0.05) is 0 Å². The second-order valence-corrected chi connectivity index (χ2v) is 5.63. The van der Waals surface area contributed by atoms with Gasteiger partial charge in [0.05, 0.1) is 7.11 Å². The van der Waals surface area contributed by atoms with Crippen molar-refractivity contribution in [2.24, 2.45) is 0 Å². The van der Waals surface area contributed by atoms with E-state index in [4.69, 9.17) is 9.47 Å². The number of benzene rings is 2. The zero-order valence-corrected chi connectivity index (χ0v) is 13.7. The molecule has 0 spiro atoms. The van der Waals surface area contributed by atoms with Crippen LogP contribution in [0.15, 0.2) is 48.5 Å². The van der Waals surface area contributed by atoms with E-state index in [2.05, 4.69) is 37.2 Å². The second kappa shape index (κ2) is 8.44. The molecule has 0 aliphatic heterocycles. The molecule has 3 nitrogen and oxygen atoms in total. The van der Waals surface area contributed by atoms with Crippen LogP contribution in [0.2, 0.25) is 0 Å². The molecule has 118 valence electrons. The monoisotopic (exact) mass is 299 g/mol. The lowest BCUT2D eigenvalue weighted by Crippen LogP contribution is -2.13. The van der Waals surface area contributed by atoms with Crippen LogP contribution in [-0.4, -0.2) is 32.6 Å². The molecular formula is C19H25NO2. The zero-order chi connectivity index (χ0) is 15.8. The Kier molecular flexibility index (Phi) is 6.28. The van der Waals surface area contributed by atoms with Gasteiger partial charge in [-0.1, -0.05) is 42.5 Å². The molecule has 2 aromatic rings. The van der Waals surface area contributed by atoms with E-state index >= 15 is 0 Å². The van der Waals surface area contributed by atoms with E-state index in [1.807, 2.05) is 30.3 Å². The number of hydrogen-bond acceptors (Lipinski definition) is 3. The summed E-state index contributed by atoms with van der Waals surface area (Å²) in [4.78, 5) is 2.20. The third-order valence-corrected chi connectivity index (χ3v) is 3.56. The van der Waals surface area contributed by atoms with E-state index in [1.165, 1.54) is 5.56 Å². The Balaban J connectivity index is 2.09. The van der Waals surface area contributed by atoms with Crippen molar-refractivity contribution in [1.29, 1.82) is 0 Å². The highest BCUT2D eigenvalue weighted by molar-refractivity contribution is 5.46. The Hall–Kier alpha value is -2.00. The van der Waals surface area contributed by atoms with Crippen molar-refractivity contribution < 1.29 is 9.47 Å². The van der Waals surface area contributed by atoms with E-state index < -0.39 is 0 Å². The lowest BCUT2D eigenvalue weighted by atomic mass is 10.1. The van der Waals surface area contributed by atoms with Gasteiger partial charge in [0.25, 0.3) is 0 Å². The van der Waals surface area contributed by atoms with Gasteiger partial charge in [-0.2, -0.15) is 0 Å². The van der Waals surface area contributed by atoms with Crippen LogP contribution in [0.5, 0.6) is 11.5 Å². The number of hydrogen-bond donors (Lipinski definition) is 0. The molecule has 0 amide bonds. The zero-order valence-electron chi connectivity index (χ0n) is 13.7. The normalized spacial score (nSPS) is 10.7. The molecule has 0 heterocycles. The van der Waals surface area contributed by atoms with Crippen molar-refractivity contribution in [2.45, 2.75) is 19.4 Å². The molecule has 22 heavy (non-hydrogen) atoms. The number of nitrogens with zero attached hydrogens (tertiary/aromatic N) is 1. The maximum atomic E-state index is 6.06. The van der Waals surface area contributed by atoms with Crippen LogP contribution in [0.1, 0.15) is 17.5 Å². The SMILES string of the molecule is COc1cccc(CCCN(C)C)c1OCc1ccccc1. The highest BCUT2D eigenvalue weighted by Gasteiger charge is 2.11. The van der Waals surface area contributed by atoms with Crippen molar-refractivity contribution in [3.05, 3.63) is 59.7 Å². The van der Waals surface area contributed by atoms with E-state index in [9.17, 15) is 0 Å². The Bertz CT molecular complexity index is 567. The first-order valence-corrected chi connectivity index (χ1v) is 7.68. The minimum Gasteiger partial charge on any atom is -0.493 e. The van der Waals surface area contributed by atoms with Gasteiger partial charge < -0.3 is 14.4 Å². The Morgan fingerprint density at radius 1 is 0.955 bits per heavy atom. The molecule has 2 aromatic carbocycles. The molecule has 3 heteroatoms. The minimum atomic E-state index is 0.557. The van der Waals surface area contributed by atoms with Crippen LogP contribution < -0.4 is 9.47 Å². The summed E-state index contributed by atoms with van der Waals surface area (Å²) in [5.74, 6) is 1.67. The van der Waals surface area contributed by atoms with E-state index in [0.29, 0.717) is 6.61 Å². The maximum absolute atomic E-state index is 6.06. The van der Waals surface area contributed by atoms with Crippen LogP contribution in [0.4, 0.5) is 0 Å². The molecule has 0 atom stereocenters. The van der Waals surface area contributed by atoms with Crippen LogP contribution >= 0.6 is 0 Å². The summed E-state index contributed by atoms with van der Waals surface area (Å²) in [5.41, 5.74) is 2.37. The Labute approximate surface area is 133 Å².